The summed E-state index contributed by atoms with van der Waals surface area (Å²) in [6.45, 7) is 0. The second-order valence-corrected chi connectivity index (χ2v) is 4.15. The number of hydrogen-bond donors (Lipinski definition) is 0. The van der Waals surface area contributed by atoms with Crippen molar-refractivity contribution in [1.29, 1.82) is 0 Å². The number of fused-ring (bicyclic) bond motifs is 2. The van der Waals surface area contributed by atoms with Crippen LogP contribution < -0.4 is 0 Å². The fourth-order valence-electron chi connectivity index (χ4n) is 2.09. The van der Waals surface area contributed by atoms with Crippen LogP contribution in [0.2, 0.25) is 0 Å². The van der Waals surface area contributed by atoms with Gasteiger partial charge in [-0.2, -0.15) is 5.10 Å². The lowest BCUT2D eigenvalue weighted by Crippen LogP contribution is -2.49. The zero-order valence-electron chi connectivity index (χ0n) is 9.71. The third kappa shape index (κ3) is 1.43. The fraction of sp³-hybridized carbons (Fsp3) is 0.250. The third-order valence-corrected chi connectivity index (χ3v) is 2.99. The van der Waals surface area contributed by atoms with Crippen molar-refractivity contribution in [1.82, 2.24) is 9.91 Å². The third-order valence-electron chi connectivity index (χ3n) is 2.99. The van der Waals surface area contributed by atoms with Crippen molar-refractivity contribution in [3.8, 4) is 0 Å². The van der Waals surface area contributed by atoms with Gasteiger partial charge < -0.3 is 0 Å². The summed E-state index contributed by atoms with van der Waals surface area (Å²) in [7, 11) is 3.38. The summed E-state index contributed by atoms with van der Waals surface area (Å²) < 4.78 is 0. The van der Waals surface area contributed by atoms with E-state index in [1.165, 1.54) is 9.91 Å². The highest BCUT2D eigenvalue weighted by Crippen LogP contribution is 2.26. The molecule has 0 N–H and O–H groups in total. The Balaban J connectivity index is 2.15. The van der Waals surface area contributed by atoms with E-state index in [-0.39, 0.29) is 6.03 Å². The Morgan fingerprint density at radius 3 is 2.82 bits per heavy atom. The molecular formula is C12H12N4O. The molecule has 0 atom stereocenters. The minimum atomic E-state index is -0.160. The van der Waals surface area contributed by atoms with Crippen LogP contribution in [0.3, 0.4) is 0 Å². The van der Waals surface area contributed by atoms with Crippen LogP contribution in [-0.4, -0.2) is 41.6 Å². The van der Waals surface area contributed by atoms with Crippen LogP contribution in [-0.2, 0) is 6.42 Å². The van der Waals surface area contributed by atoms with Crippen LogP contribution in [0.15, 0.2) is 34.4 Å². The van der Waals surface area contributed by atoms with Crippen molar-refractivity contribution in [2.24, 2.45) is 10.1 Å². The van der Waals surface area contributed by atoms with Gasteiger partial charge in [0.15, 0.2) is 5.84 Å². The SMILES string of the molecule is CN1N=C2Cc3ccccc3N=C2N(C)C1=O. The van der Waals surface area contributed by atoms with Gasteiger partial charge in [-0.3, -0.25) is 4.90 Å². The van der Waals surface area contributed by atoms with Crippen LogP contribution >= 0.6 is 0 Å². The second-order valence-electron chi connectivity index (χ2n) is 4.15. The quantitative estimate of drug-likeness (QED) is 0.665. The Morgan fingerprint density at radius 1 is 1.24 bits per heavy atom. The minimum Gasteiger partial charge on any atom is -0.278 e. The summed E-state index contributed by atoms with van der Waals surface area (Å²) in [5.74, 6) is 0.659. The molecule has 0 radical (unpaired) electrons. The Morgan fingerprint density at radius 2 is 2.00 bits per heavy atom. The Bertz CT molecular complexity index is 561. The first-order valence-corrected chi connectivity index (χ1v) is 5.42. The highest BCUT2D eigenvalue weighted by Gasteiger charge is 2.31. The van der Waals surface area contributed by atoms with Gasteiger partial charge in [0, 0.05) is 20.5 Å². The number of carbonyl (C=O) groups is 1. The standard InChI is InChI=1S/C12H12N4O/c1-15-11-10(14-16(2)12(15)17)7-8-5-3-4-6-9(8)13-11/h3-6H,7H2,1-2H3. The van der Waals surface area contributed by atoms with Crippen molar-refractivity contribution in [2.45, 2.75) is 6.42 Å². The number of rotatable bonds is 0. The minimum absolute atomic E-state index is 0.160. The number of nitrogens with zero attached hydrogens (tertiary/aromatic N) is 4. The normalized spacial score (nSPS) is 18.4. The maximum atomic E-state index is 11.8. The predicted molar refractivity (Wildman–Crippen MR) is 65.6 cm³/mol. The van der Waals surface area contributed by atoms with Crippen molar-refractivity contribution >= 4 is 23.3 Å². The number of benzene rings is 1. The molecule has 2 aliphatic rings. The fourth-order valence-corrected chi connectivity index (χ4v) is 2.09. The topological polar surface area (TPSA) is 48.3 Å². The molecule has 0 unspecified atom stereocenters. The summed E-state index contributed by atoms with van der Waals surface area (Å²) in [5, 5.41) is 5.61. The second kappa shape index (κ2) is 3.41. The number of hydrazone groups is 1. The summed E-state index contributed by atoms with van der Waals surface area (Å²) in [4.78, 5) is 17.8. The highest BCUT2D eigenvalue weighted by atomic mass is 16.2. The molecular weight excluding hydrogens is 216 g/mol. The number of para-hydroxylation sites is 1. The Hall–Kier alpha value is -2.17. The largest absolute Gasteiger partial charge is 0.345 e. The predicted octanol–water partition coefficient (Wildman–Crippen LogP) is 1.63. The van der Waals surface area contributed by atoms with Crippen LogP contribution in [0.1, 0.15) is 5.56 Å². The van der Waals surface area contributed by atoms with Crippen LogP contribution in [0.5, 0.6) is 0 Å². The highest BCUT2D eigenvalue weighted by molar-refractivity contribution is 6.46. The summed E-state index contributed by atoms with van der Waals surface area (Å²) in [6, 6.07) is 7.76. The van der Waals surface area contributed by atoms with E-state index in [1.54, 1.807) is 14.1 Å². The van der Waals surface area contributed by atoms with Crippen molar-refractivity contribution < 1.29 is 4.79 Å². The zero-order chi connectivity index (χ0) is 12.0. The number of aliphatic imine (C=N–C) groups is 1. The van der Waals surface area contributed by atoms with E-state index in [1.807, 2.05) is 24.3 Å². The zero-order valence-corrected chi connectivity index (χ0v) is 9.71. The molecule has 2 aliphatic heterocycles. The van der Waals surface area contributed by atoms with Gasteiger partial charge in [-0.15, -0.1) is 0 Å². The molecule has 0 aromatic heterocycles. The molecule has 3 rings (SSSR count). The molecule has 2 heterocycles. The number of amides is 2. The summed E-state index contributed by atoms with van der Waals surface area (Å²) in [6.07, 6.45) is 0.719. The van der Waals surface area contributed by atoms with Gasteiger partial charge >= 0.3 is 6.03 Å². The first-order chi connectivity index (χ1) is 8.16. The molecule has 0 saturated heterocycles. The number of hydrogen-bond acceptors (Lipinski definition) is 3. The van der Waals surface area contributed by atoms with Gasteiger partial charge in [-0.1, -0.05) is 18.2 Å². The summed E-state index contributed by atoms with van der Waals surface area (Å²) in [5.41, 5.74) is 2.91. The number of carbonyl (C=O) groups excluding carboxylic acids is 1. The smallest absolute Gasteiger partial charge is 0.278 e. The molecule has 86 valence electrons. The van der Waals surface area contributed by atoms with Gasteiger partial charge in [0.25, 0.3) is 0 Å². The number of amidine groups is 1. The lowest BCUT2D eigenvalue weighted by molar-refractivity contribution is 0.191. The molecule has 1 aromatic rings. The van der Waals surface area contributed by atoms with E-state index >= 15 is 0 Å². The maximum absolute atomic E-state index is 11.8. The molecule has 1 aromatic carbocycles. The van der Waals surface area contributed by atoms with Crippen LogP contribution in [0.25, 0.3) is 0 Å². The van der Waals surface area contributed by atoms with Gasteiger partial charge in [-0.05, 0) is 11.6 Å². The van der Waals surface area contributed by atoms with Gasteiger partial charge in [0.2, 0.25) is 0 Å². The van der Waals surface area contributed by atoms with E-state index < -0.39 is 0 Å². The molecule has 0 spiro atoms. The van der Waals surface area contributed by atoms with E-state index in [4.69, 9.17) is 0 Å². The van der Waals surface area contributed by atoms with Gasteiger partial charge in [0.05, 0.1) is 5.69 Å². The number of urea groups is 1. The van der Waals surface area contributed by atoms with E-state index in [0.29, 0.717) is 5.84 Å². The summed E-state index contributed by atoms with van der Waals surface area (Å²) >= 11 is 0. The van der Waals surface area contributed by atoms with E-state index in [0.717, 1.165) is 23.4 Å². The monoisotopic (exact) mass is 228 g/mol. The van der Waals surface area contributed by atoms with E-state index in [2.05, 4.69) is 10.1 Å². The van der Waals surface area contributed by atoms with Crippen molar-refractivity contribution in [3.05, 3.63) is 29.8 Å². The molecule has 0 bridgehead atoms. The maximum Gasteiger partial charge on any atom is 0.345 e. The van der Waals surface area contributed by atoms with Gasteiger partial charge in [-0.25, -0.2) is 14.8 Å². The van der Waals surface area contributed by atoms with E-state index in [9.17, 15) is 4.79 Å². The molecule has 17 heavy (non-hydrogen) atoms. The Labute approximate surface area is 99.1 Å². The molecule has 0 aliphatic carbocycles. The first-order valence-electron chi connectivity index (χ1n) is 5.42. The molecule has 2 amide bonds. The average molecular weight is 228 g/mol. The molecule has 5 nitrogen and oxygen atoms in total. The van der Waals surface area contributed by atoms with Crippen LogP contribution in [0, 0.1) is 0 Å². The molecule has 5 heteroatoms. The van der Waals surface area contributed by atoms with Gasteiger partial charge in [0.1, 0.15) is 5.71 Å². The first kappa shape index (κ1) is 10.0. The molecule has 0 saturated carbocycles. The lowest BCUT2D eigenvalue weighted by atomic mass is 10.0. The average Bonchev–Trinajstić information content (AvgIpc) is 2.34. The Kier molecular flexibility index (Phi) is 2.01. The van der Waals surface area contributed by atoms with Crippen molar-refractivity contribution in [3.63, 3.8) is 0 Å². The lowest BCUT2D eigenvalue weighted by Gasteiger charge is -2.31. The van der Waals surface area contributed by atoms with Crippen LogP contribution in [0.4, 0.5) is 10.5 Å². The molecule has 0 fully saturated rings. The van der Waals surface area contributed by atoms with Crippen molar-refractivity contribution in [2.75, 3.05) is 14.1 Å².